The highest BCUT2D eigenvalue weighted by atomic mass is 16.3. The predicted octanol–water partition coefficient (Wildman–Crippen LogP) is 2.44. The van der Waals surface area contributed by atoms with E-state index >= 15 is 0 Å². The number of nitrogens with one attached hydrogen (secondary N) is 1. The van der Waals surface area contributed by atoms with Crippen molar-refractivity contribution in [3.05, 3.63) is 23.8 Å². The van der Waals surface area contributed by atoms with Crippen molar-refractivity contribution in [2.24, 2.45) is 11.3 Å². The zero-order valence-corrected chi connectivity index (χ0v) is 12.9. The number of aryl methyl sites for hydroxylation is 1. The van der Waals surface area contributed by atoms with Gasteiger partial charge in [-0.25, -0.2) is 0 Å². The van der Waals surface area contributed by atoms with E-state index in [0.717, 1.165) is 43.6 Å². The van der Waals surface area contributed by atoms with Gasteiger partial charge in [-0.1, -0.05) is 6.07 Å². The fourth-order valence-corrected chi connectivity index (χ4v) is 3.70. The van der Waals surface area contributed by atoms with Crippen molar-refractivity contribution >= 4 is 11.6 Å². The molecule has 1 atom stereocenters. The first-order valence-corrected chi connectivity index (χ1v) is 7.89. The van der Waals surface area contributed by atoms with Crippen LogP contribution in [0.3, 0.4) is 0 Å². The highest BCUT2D eigenvalue weighted by molar-refractivity contribution is 5.98. The largest absolute Gasteiger partial charge is 0.508 e. The van der Waals surface area contributed by atoms with Crippen molar-refractivity contribution in [2.45, 2.75) is 33.1 Å². The fourth-order valence-electron chi connectivity index (χ4n) is 3.70. The number of hydrogen-bond acceptors (Lipinski definition) is 3. The van der Waals surface area contributed by atoms with Crippen LogP contribution in [0.25, 0.3) is 0 Å². The summed E-state index contributed by atoms with van der Waals surface area (Å²) in [7, 11) is 0. The summed E-state index contributed by atoms with van der Waals surface area (Å²) in [6, 6.07) is 5.24. The molecule has 21 heavy (non-hydrogen) atoms. The van der Waals surface area contributed by atoms with E-state index in [4.69, 9.17) is 0 Å². The molecule has 1 aromatic carbocycles. The topological polar surface area (TPSA) is 52.6 Å². The maximum atomic E-state index is 12.9. The summed E-state index contributed by atoms with van der Waals surface area (Å²) in [6.07, 6.45) is 3.25. The van der Waals surface area contributed by atoms with Crippen LogP contribution in [0.4, 0.5) is 5.69 Å². The Bertz CT molecular complexity index is 550. The van der Waals surface area contributed by atoms with E-state index in [1.54, 1.807) is 12.1 Å². The van der Waals surface area contributed by atoms with Crippen molar-refractivity contribution in [2.75, 3.05) is 24.5 Å². The normalized spacial score (nSPS) is 23.0. The highest BCUT2D eigenvalue weighted by Crippen LogP contribution is 2.59. The molecule has 4 heteroatoms. The molecule has 0 aromatic heterocycles. The molecular formula is C17H24N2O2. The summed E-state index contributed by atoms with van der Waals surface area (Å²) in [5.41, 5.74) is 2.13. The van der Waals surface area contributed by atoms with E-state index in [1.807, 2.05) is 24.8 Å². The van der Waals surface area contributed by atoms with Crippen LogP contribution >= 0.6 is 0 Å². The van der Waals surface area contributed by atoms with Gasteiger partial charge in [0.25, 0.3) is 0 Å². The molecule has 1 aliphatic heterocycles. The van der Waals surface area contributed by atoms with E-state index in [1.165, 1.54) is 0 Å². The number of piperidine rings is 1. The minimum Gasteiger partial charge on any atom is -0.508 e. The Morgan fingerprint density at radius 2 is 2.14 bits per heavy atom. The third-order valence-electron chi connectivity index (χ3n) is 5.15. The summed E-state index contributed by atoms with van der Waals surface area (Å²) in [5, 5.41) is 13.1. The summed E-state index contributed by atoms with van der Waals surface area (Å²) in [4.78, 5) is 14.7. The monoisotopic (exact) mass is 288 g/mol. The van der Waals surface area contributed by atoms with Gasteiger partial charge < -0.3 is 15.3 Å². The molecule has 2 N–H and O–H groups in total. The number of phenols is 1. The first kappa shape index (κ1) is 14.4. The fraction of sp³-hybridized carbons (Fsp3) is 0.588. The Morgan fingerprint density at radius 3 is 2.81 bits per heavy atom. The van der Waals surface area contributed by atoms with Crippen LogP contribution in [-0.4, -0.2) is 30.6 Å². The molecule has 0 radical (unpaired) electrons. The van der Waals surface area contributed by atoms with Crippen molar-refractivity contribution in [1.29, 1.82) is 0 Å². The first-order chi connectivity index (χ1) is 10.1. The summed E-state index contributed by atoms with van der Waals surface area (Å²) in [6.45, 7) is 6.69. The quantitative estimate of drug-likeness (QED) is 0.898. The number of aromatic hydroxyl groups is 1. The van der Waals surface area contributed by atoms with Crippen molar-refractivity contribution in [3.63, 3.8) is 0 Å². The molecule has 114 valence electrons. The summed E-state index contributed by atoms with van der Waals surface area (Å²) >= 11 is 0. The molecule has 0 bridgehead atoms. The minimum absolute atomic E-state index is 0.168. The van der Waals surface area contributed by atoms with Gasteiger partial charge in [-0.05, 0) is 63.2 Å². The van der Waals surface area contributed by atoms with Gasteiger partial charge in [0.1, 0.15) is 5.75 Å². The number of amides is 1. The Balaban J connectivity index is 1.81. The van der Waals surface area contributed by atoms with Crippen molar-refractivity contribution in [3.8, 4) is 5.75 Å². The smallest absolute Gasteiger partial charge is 0.230 e. The van der Waals surface area contributed by atoms with Gasteiger partial charge in [0, 0.05) is 18.5 Å². The highest BCUT2D eigenvalue weighted by Gasteiger charge is 2.58. The molecule has 1 aromatic rings. The van der Waals surface area contributed by atoms with Crippen molar-refractivity contribution in [1.82, 2.24) is 5.32 Å². The molecule has 1 aliphatic carbocycles. The van der Waals surface area contributed by atoms with E-state index in [-0.39, 0.29) is 23.0 Å². The molecule has 1 unspecified atom stereocenters. The van der Waals surface area contributed by atoms with Crippen LogP contribution in [0.2, 0.25) is 0 Å². The summed E-state index contributed by atoms with van der Waals surface area (Å²) in [5.74, 6) is 0.614. The Morgan fingerprint density at radius 1 is 1.43 bits per heavy atom. The number of carbonyl (C=O) groups excluding carboxylic acids is 1. The SMILES string of the molecule is CCN(C(=O)C1CC12CCNCC2)c1cc(O)ccc1C. The van der Waals surface area contributed by atoms with Gasteiger partial charge in [-0.3, -0.25) is 4.79 Å². The number of phenolic OH excluding ortho intramolecular Hbond substituents is 1. The number of rotatable bonds is 3. The lowest BCUT2D eigenvalue weighted by Crippen LogP contribution is -2.36. The maximum absolute atomic E-state index is 12.9. The number of anilines is 1. The second kappa shape index (κ2) is 5.34. The molecule has 3 rings (SSSR count). The lowest BCUT2D eigenvalue weighted by molar-refractivity contribution is -0.120. The molecule has 4 nitrogen and oxygen atoms in total. The molecule has 1 heterocycles. The van der Waals surface area contributed by atoms with Gasteiger partial charge in [-0.15, -0.1) is 0 Å². The van der Waals surface area contributed by atoms with E-state index < -0.39 is 0 Å². The molecule has 2 aliphatic rings. The Labute approximate surface area is 126 Å². The van der Waals surface area contributed by atoms with Crippen LogP contribution in [0.15, 0.2) is 18.2 Å². The van der Waals surface area contributed by atoms with Crippen LogP contribution in [-0.2, 0) is 4.79 Å². The van der Waals surface area contributed by atoms with Crippen LogP contribution in [0.1, 0.15) is 31.7 Å². The Hall–Kier alpha value is -1.55. The predicted molar refractivity (Wildman–Crippen MR) is 83.5 cm³/mol. The van der Waals surface area contributed by atoms with E-state index in [9.17, 15) is 9.90 Å². The second-order valence-corrected chi connectivity index (χ2v) is 6.42. The first-order valence-electron chi connectivity index (χ1n) is 7.89. The minimum atomic E-state index is 0.168. The molecule has 1 amide bonds. The molecule has 1 spiro atoms. The average molecular weight is 288 g/mol. The molecule has 1 saturated heterocycles. The van der Waals surface area contributed by atoms with Gasteiger partial charge in [0.05, 0.1) is 5.69 Å². The maximum Gasteiger partial charge on any atom is 0.230 e. The third-order valence-corrected chi connectivity index (χ3v) is 5.15. The zero-order valence-electron chi connectivity index (χ0n) is 12.9. The van der Waals surface area contributed by atoms with Crippen LogP contribution in [0, 0.1) is 18.3 Å². The standard InChI is InChI=1S/C17H24N2O2/c1-3-19(15-10-13(20)5-4-12(15)2)16(21)14-11-17(14)6-8-18-9-7-17/h4-5,10,14,18,20H,3,6-9,11H2,1-2H3. The number of benzene rings is 1. The zero-order chi connectivity index (χ0) is 15.0. The van der Waals surface area contributed by atoms with Crippen LogP contribution < -0.4 is 10.2 Å². The number of nitrogens with zero attached hydrogens (tertiary/aromatic N) is 1. The molecule has 2 fully saturated rings. The van der Waals surface area contributed by atoms with E-state index in [2.05, 4.69) is 5.32 Å². The average Bonchev–Trinajstić information content (AvgIpc) is 3.17. The molecule has 1 saturated carbocycles. The third kappa shape index (κ3) is 2.53. The second-order valence-electron chi connectivity index (χ2n) is 6.42. The number of hydrogen-bond donors (Lipinski definition) is 2. The Kier molecular flexibility index (Phi) is 3.66. The van der Waals surface area contributed by atoms with Crippen LogP contribution in [0.5, 0.6) is 5.75 Å². The lowest BCUT2D eigenvalue weighted by Gasteiger charge is -2.27. The lowest BCUT2D eigenvalue weighted by atomic mass is 9.91. The van der Waals surface area contributed by atoms with Gasteiger partial charge >= 0.3 is 0 Å². The van der Waals surface area contributed by atoms with Gasteiger partial charge in [-0.2, -0.15) is 0 Å². The van der Waals surface area contributed by atoms with Gasteiger partial charge in [0.2, 0.25) is 5.91 Å². The molecular weight excluding hydrogens is 264 g/mol. The summed E-state index contributed by atoms with van der Waals surface area (Å²) < 4.78 is 0. The number of carbonyl (C=O) groups is 1. The van der Waals surface area contributed by atoms with E-state index in [0.29, 0.717) is 6.54 Å². The van der Waals surface area contributed by atoms with Crippen molar-refractivity contribution < 1.29 is 9.90 Å². The van der Waals surface area contributed by atoms with Gasteiger partial charge in [0.15, 0.2) is 0 Å².